The summed E-state index contributed by atoms with van der Waals surface area (Å²) in [5.41, 5.74) is 4.78. The molecule has 1 spiro atoms. The fourth-order valence-electron chi connectivity index (χ4n) is 6.78. The average molecular weight is 585 g/mol. The van der Waals surface area contributed by atoms with Crippen molar-refractivity contribution in [3.63, 3.8) is 0 Å². The van der Waals surface area contributed by atoms with Crippen molar-refractivity contribution in [1.29, 1.82) is 0 Å². The predicted octanol–water partition coefficient (Wildman–Crippen LogP) is 4.38. The van der Waals surface area contributed by atoms with E-state index >= 15 is 0 Å². The van der Waals surface area contributed by atoms with Crippen molar-refractivity contribution >= 4 is 34.0 Å². The van der Waals surface area contributed by atoms with E-state index in [1.54, 1.807) is 11.0 Å². The minimum atomic E-state index is -1.18. The van der Waals surface area contributed by atoms with Crippen LogP contribution in [0.4, 0.5) is 10.1 Å². The summed E-state index contributed by atoms with van der Waals surface area (Å²) in [6.07, 6.45) is 4.95. The Hall–Kier alpha value is -4.38. The van der Waals surface area contributed by atoms with Crippen molar-refractivity contribution in [2.75, 3.05) is 44.2 Å². The van der Waals surface area contributed by atoms with E-state index in [1.807, 2.05) is 47.2 Å². The van der Waals surface area contributed by atoms with Crippen LogP contribution in [0.2, 0.25) is 0 Å². The molecular formula is C32H37FN8O2. The summed E-state index contributed by atoms with van der Waals surface area (Å²) in [4.78, 5) is 37.2. The molecule has 1 N–H and O–H groups in total. The van der Waals surface area contributed by atoms with Crippen LogP contribution in [-0.2, 0) is 16.6 Å². The van der Waals surface area contributed by atoms with Crippen LogP contribution in [0.25, 0.3) is 27.9 Å². The standard InChI is InChI=1S/C32H35FN8O2.H2/c1-21(33)29-26-17-25(7-8-27(26)35-36-29)41-16-12-32(31(41)43)11-15-39(19-32)18-28(42)40-13-9-23(10-14-40)22-3-5-24(6-4-22)30-34-20-38(2)37-30;/h3-9,17,20-21H,10-16,18-19H2,1-2H3,(H,35,36);1H/t21?,32-;/m0./s1. The van der Waals surface area contributed by atoms with Gasteiger partial charge in [0.15, 0.2) is 5.82 Å². The zero-order valence-corrected chi connectivity index (χ0v) is 24.5. The van der Waals surface area contributed by atoms with Gasteiger partial charge in [0.05, 0.1) is 23.2 Å². The Morgan fingerprint density at radius 1 is 1.12 bits per heavy atom. The number of benzene rings is 2. The molecule has 0 bridgehead atoms. The van der Waals surface area contributed by atoms with Gasteiger partial charge in [-0.3, -0.25) is 24.3 Å². The Morgan fingerprint density at radius 3 is 2.63 bits per heavy atom. The number of aromatic nitrogens is 5. The highest BCUT2D eigenvalue weighted by molar-refractivity contribution is 6.02. The Morgan fingerprint density at radius 2 is 1.91 bits per heavy atom. The van der Waals surface area contributed by atoms with Gasteiger partial charge >= 0.3 is 0 Å². The molecule has 7 rings (SSSR count). The molecule has 4 aromatic rings. The second-order valence-electron chi connectivity index (χ2n) is 12.0. The fourth-order valence-corrected chi connectivity index (χ4v) is 6.78. The Kier molecular flexibility index (Phi) is 6.84. The van der Waals surface area contributed by atoms with E-state index in [1.165, 1.54) is 12.5 Å². The van der Waals surface area contributed by atoms with Crippen molar-refractivity contribution in [3.05, 3.63) is 66.1 Å². The first kappa shape index (κ1) is 27.5. The number of alkyl halides is 1. The number of nitrogens with zero attached hydrogens (tertiary/aromatic N) is 7. The van der Waals surface area contributed by atoms with Crippen LogP contribution in [0.15, 0.2) is 54.9 Å². The monoisotopic (exact) mass is 584 g/mol. The van der Waals surface area contributed by atoms with Crippen molar-refractivity contribution in [2.45, 2.75) is 32.4 Å². The lowest BCUT2D eigenvalue weighted by Crippen LogP contribution is -2.43. The van der Waals surface area contributed by atoms with Gasteiger partial charge < -0.3 is 9.80 Å². The topological polar surface area (TPSA) is 103 Å². The van der Waals surface area contributed by atoms with E-state index in [0.717, 1.165) is 42.6 Å². The number of anilines is 1. The molecule has 10 nitrogen and oxygen atoms in total. The number of H-pyrrole nitrogens is 1. The van der Waals surface area contributed by atoms with Gasteiger partial charge in [0, 0.05) is 51.3 Å². The number of hydrogen-bond acceptors (Lipinski definition) is 6. The molecule has 2 amide bonds. The van der Waals surface area contributed by atoms with E-state index in [-0.39, 0.29) is 13.2 Å². The number of rotatable bonds is 6. The molecule has 2 aromatic heterocycles. The van der Waals surface area contributed by atoms with E-state index in [2.05, 4.69) is 43.4 Å². The molecule has 0 aliphatic carbocycles. The zero-order chi connectivity index (χ0) is 29.7. The third-order valence-corrected chi connectivity index (χ3v) is 9.26. The summed E-state index contributed by atoms with van der Waals surface area (Å²) in [5.74, 6) is 0.900. The summed E-state index contributed by atoms with van der Waals surface area (Å²) in [5, 5.41) is 12.0. The first-order valence-corrected chi connectivity index (χ1v) is 14.9. The number of carbonyl (C=O) groups is 2. The van der Waals surface area contributed by atoms with Crippen LogP contribution in [-0.4, -0.2) is 85.8 Å². The lowest BCUT2D eigenvalue weighted by Gasteiger charge is -2.29. The van der Waals surface area contributed by atoms with Crippen molar-refractivity contribution in [3.8, 4) is 11.4 Å². The highest BCUT2D eigenvalue weighted by Crippen LogP contribution is 2.43. The largest absolute Gasteiger partial charge is 0.338 e. The number of aryl methyl sites for hydroxylation is 1. The van der Waals surface area contributed by atoms with Crippen molar-refractivity contribution in [1.82, 2.24) is 34.8 Å². The van der Waals surface area contributed by atoms with E-state index < -0.39 is 11.6 Å². The normalized spacial score (nSPS) is 21.7. The molecule has 224 valence electrons. The molecule has 43 heavy (non-hydrogen) atoms. The molecule has 0 saturated carbocycles. The number of aromatic amines is 1. The number of likely N-dealkylation sites (tertiary alicyclic amines) is 1. The summed E-state index contributed by atoms with van der Waals surface area (Å²) < 4.78 is 15.8. The lowest BCUT2D eigenvalue weighted by molar-refractivity contribution is -0.132. The Bertz CT molecular complexity index is 1730. The zero-order valence-electron chi connectivity index (χ0n) is 24.5. The van der Waals surface area contributed by atoms with Crippen LogP contribution in [0.5, 0.6) is 0 Å². The number of carbonyl (C=O) groups excluding carboxylic acids is 2. The van der Waals surface area contributed by atoms with E-state index in [0.29, 0.717) is 55.1 Å². The SMILES string of the molecule is CC(F)c1[nH]nc2ccc(N3CC[C@]4(CCN(CC(=O)N5CC=C(c6ccc(-c7ncn(C)n7)cc6)CC5)C4)C3=O)cc12.[HH]. The minimum absolute atomic E-state index is 0. The molecule has 3 aliphatic heterocycles. The van der Waals surface area contributed by atoms with Gasteiger partial charge in [0.1, 0.15) is 12.5 Å². The third kappa shape index (κ3) is 5.01. The number of fused-ring (bicyclic) bond motifs is 1. The van der Waals surface area contributed by atoms with Gasteiger partial charge in [0.2, 0.25) is 11.8 Å². The highest BCUT2D eigenvalue weighted by atomic mass is 19.1. The number of hydrogen-bond donors (Lipinski definition) is 1. The summed E-state index contributed by atoms with van der Waals surface area (Å²) in [7, 11) is 1.85. The molecule has 2 atom stereocenters. The summed E-state index contributed by atoms with van der Waals surface area (Å²) >= 11 is 0. The van der Waals surface area contributed by atoms with Crippen LogP contribution in [0.3, 0.4) is 0 Å². The third-order valence-electron chi connectivity index (χ3n) is 9.26. The van der Waals surface area contributed by atoms with Crippen molar-refractivity contribution in [2.24, 2.45) is 12.5 Å². The first-order chi connectivity index (χ1) is 20.8. The molecule has 1 unspecified atom stereocenters. The van der Waals surface area contributed by atoms with Gasteiger partial charge in [0.25, 0.3) is 0 Å². The quantitative estimate of drug-likeness (QED) is 0.361. The maximum Gasteiger partial charge on any atom is 0.237 e. The maximum atomic E-state index is 14.1. The fraction of sp³-hybridized carbons (Fsp3) is 0.406. The van der Waals surface area contributed by atoms with Gasteiger partial charge in [-0.1, -0.05) is 30.3 Å². The lowest BCUT2D eigenvalue weighted by atomic mass is 9.85. The Balaban J connectivity index is 0.00000343. The van der Waals surface area contributed by atoms with E-state index in [4.69, 9.17) is 0 Å². The van der Waals surface area contributed by atoms with Gasteiger partial charge in [-0.15, -0.1) is 0 Å². The molecule has 2 fully saturated rings. The number of amides is 2. The van der Waals surface area contributed by atoms with Crippen LogP contribution < -0.4 is 4.90 Å². The van der Waals surface area contributed by atoms with Crippen LogP contribution in [0.1, 0.15) is 45.0 Å². The van der Waals surface area contributed by atoms with Gasteiger partial charge in [-0.2, -0.15) is 10.2 Å². The molecule has 11 heteroatoms. The second-order valence-corrected chi connectivity index (χ2v) is 12.0. The molecule has 5 heterocycles. The predicted molar refractivity (Wildman–Crippen MR) is 164 cm³/mol. The highest BCUT2D eigenvalue weighted by Gasteiger charge is 2.51. The molecule has 0 radical (unpaired) electrons. The second kappa shape index (κ2) is 10.7. The Labute approximate surface area is 250 Å². The van der Waals surface area contributed by atoms with Gasteiger partial charge in [-0.25, -0.2) is 9.37 Å². The average Bonchev–Trinajstić information content (AvgIpc) is 3.81. The summed E-state index contributed by atoms with van der Waals surface area (Å²) in [6.45, 7) is 4.98. The summed E-state index contributed by atoms with van der Waals surface area (Å²) in [6, 6.07) is 13.8. The molecule has 2 aromatic carbocycles. The molecular weight excluding hydrogens is 547 g/mol. The number of nitrogens with one attached hydrogen (secondary N) is 1. The van der Waals surface area contributed by atoms with Crippen molar-refractivity contribution < 1.29 is 15.4 Å². The first-order valence-electron chi connectivity index (χ1n) is 14.9. The number of halogens is 1. The minimum Gasteiger partial charge on any atom is -0.338 e. The van der Waals surface area contributed by atoms with Crippen LogP contribution >= 0.6 is 0 Å². The van der Waals surface area contributed by atoms with E-state index in [9.17, 15) is 14.0 Å². The smallest absolute Gasteiger partial charge is 0.237 e. The molecule has 3 aliphatic rings. The molecule has 2 saturated heterocycles. The van der Waals surface area contributed by atoms with Crippen LogP contribution in [0, 0.1) is 5.41 Å². The maximum absolute atomic E-state index is 14.1. The van der Waals surface area contributed by atoms with Gasteiger partial charge in [-0.05, 0) is 62.1 Å².